The summed E-state index contributed by atoms with van der Waals surface area (Å²) in [6, 6.07) is 0.855. The van der Waals surface area contributed by atoms with Crippen molar-refractivity contribution >= 4 is 6.03 Å². The zero-order valence-electron chi connectivity index (χ0n) is 11.2. The minimum atomic E-state index is 0.327. The molecule has 4 nitrogen and oxygen atoms in total. The number of nitrogens with one attached hydrogen (secondary N) is 1. The summed E-state index contributed by atoms with van der Waals surface area (Å²) in [6.45, 7) is 5.21. The van der Waals surface area contributed by atoms with E-state index < -0.39 is 0 Å². The van der Waals surface area contributed by atoms with E-state index in [2.05, 4.69) is 15.1 Å². The van der Waals surface area contributed by atoms with Gasteiger partial charge in [-0.3, -0.25) is 0 Å². The molecule has 3 fully saturated rings. The Balaban J connectivity index is 1.64. The first-order chi connectivity index (χ1) is 8.86. The van der Waals surface area contributed by atoms with Gasteiger partial charge < -0.3 is 15.1 Å². The maximum absolute atomic E-state index is 12.5. The summed E-state index contributed by atoms with van der Waals surface area (Å²) in [6.07, 6.45) is 7.30. The summed E-state index contributed by atoms with van der Waals surface area (Å²) < 4.78 is 0. The smallest absolute Gasteiger partial charge is 0.320 e. The summed E-state index contributed by atoms with van der Waals surface area (Å²) in [7, 11) is 0. The standard InChI is InChI=1S/C14H25N3O/c18-14(16-9-1-2-10-16)17-11-3-4-13(17)12-5-7-15-8-6-12/h12-13,15H,1-11H2. The lowest BCUT2D eigenvalue weighted by atomic mass is 9.89. The van der Waals surface area contributed by atoms with Crippen LogP contribution in [0.1, 0.15) is 38.5 Å². The summed E-state index contributed by atoms with van der Waals surface area (Å²) in [4.78, 5) is 16.8. The van der Waals surface area contributed by atoms with Gasteiger partial charge in [-0.25, -0.2) is 4.79 Å². The van der Waals surface area contributed by atoms with E-state index in [1.807, 2.05) is 0 Å². The molecule has 0 aromatic rings. The van der Waals surface area contributed by atoms with E-state index >= 15 is 0 Å². The fourth-order valence-electron chi connectivity index (χ4n) is 3.84. The molecule has 0 spiro atoms. The lowest BCUT2D eigenvalue weighted by molar-refractivity contribution is 0.132. The monoisotopic (exact) mass is 251 g/mol. The number of nitrogens with zero attached hydrogens (tertiary/aromatic N) is 2. The van der Waals surface area contributed by atoms with Gasteiger partial charge in [-0.15, -0.1) is 0 Å². The number of piperidine rings is 1. The molecule has 3 aliphatic rings. The van der Waals surface area contributed by atoms with Crippen LogP contribution in [0.3, 0.4) is 0 Å². The van der Waals surface area contributed by atoms with Crippen LogP contribution in [0, 0.1) is 5.92 Å². The molecule has 1 N–H and O–H groups in total. The summed E-state index contributed by atoms with van der Waals surface area (Å²) in [5, 5.41) is 3.42. The second kappa shape index (κ2) is 5.47. The Kier molecular flexibility index (Phi) is 3.73. The van der Waals surface area contributed by atoms with E-state index in [4.69, 9.17) is 0 Å². The van der Waals surface area contributed by atoms with E-state index in [0.717, 1.165) is 38.6 Å². The van der Waals surface area contributed by atoms with Crippen LogP contribution < -0.4 is 5.32 Å². The summed E-state index contributed by atoms with van der Waals surface area (Å²) >= 11 is 0. The third kappa shape index (κ3) is 2.35. The maximum Gasteiger partial charge on any atom is 0.320 e. The highest BCUT2D eigenvalue weighted by Gasteiger charge is 2.37. The van der Waals surface area contributed by atoms with Gasteiger partial charge in [-0.05, 0) is 57.5 Å². The molecule has 0 radical (unpaired) electrons. The van der Waals surface area contributed by atoms with Crippen LogP contribution in [0.15, 0.2) is 0 Å². The largest absolute Gasteiger partial charge is 0.325 e. The molecule has 3 aliphatic heterocycles. The fraction of sp³-hybridized carbons (Fsp3) is 0.929. The average Bonchev–Trinajstić information content (AvgIpc) is 3.10. The predicted molar refractivity (Wildman–Crippen MR) is 71.5 cm³/mol. The second-order valence-corrected chi connectivity index (χ2v) is 5.97. The normalized spacial score (nSPS) is 30.1. The molecule has 102 valence electrons. The zero-order valence-corrected chi connectivity index (χ0v) is 11.2. The molecule has 3 saturated heterocycles. The Labute approximate surface area is 110 Å². The molecule has 0 aromatic heterocycles. The van der Waals surface area contributed by atoms with Crippen LogP contribution in [0.25, 0.3) is 0 Å². The first kappa shape index (κ1) is 12.3. The highest BCUT2D eigenvalue weighted by Crippen LogP contribution is 2.30. The molecule has 0 saturated carbocycles. The Morgan fingerprint density at radius 2 is 1.67 bits per heavy atom. The van der Waals surface area contributed by atoms with Crippen molar-refractivity contribution in [3.8, 4) is 0 Å². The van der Waals surface area contributed by atoms with E-state index in [9.17, 15) is 4.79 Å². The van der Waals surface area contributed by atoms with Crippen molar-refractivity contribution < 1.29 is 4.79 Å². The molecule has 18 heavy (non-hydrogen) atoms. The van der Waals surface area contributed by atoms with Crippen molar-refractivity contribution in [2.45, 2.75) is 44.6 Å². The highest BCUT2D eigenvalue weighted by atomic mass is 16.2. The number of urea groups is 1. The molecule has 3 rings (SSSR count). The topological polar surface area (TPSA) is 35.6 Å². The van der Waals surface area contributed by atoms with E-state index in [-0.39, 0.29) is 0 Å². The number of carbonyl (C=O) groups excluding carboxylic acids is 1. The van der Waals surface area contributed by atoms with Crippen LogP contribution in [-0.2, 0) is 0 Å². The molecule has 0 aromatic carbocycles. The number of hydrogen-bond acceptors (Lipinski definition) is 2. The number of hydrogen-bond donors (Lipinski definition) is 1. The number of rotatable bonds is 1. The number of amides is 2. The maximum atomic E-state index is 12.5. The van der Waals surface area contributed by atoms with Crippen LogP contribution in [-0.4, -0.2) is 54.6 Å². The van der Waals surface area contributed by atoms with Gasteiger partial charge in [0.25, 0.3) is 0 Å². The minimum absolute atomic E-state index is 0.327. The molecule has 0 aliphatic carbocycles. The average molecular weight is 251 g/mol. The van der Waals surface area contributed by atoms with Crippen molar-refractivity contribution in [2.75, 3.05) is 32.7 Å². The molecule has 4 heteroatoms. The van der Waals surface area contributed by atoms with Crippen molar-refractivity contribution in [2.24, 2.45) is 5.92 Å². The highest BCUT2D eigenvalue weighted by molar-refractivity contribution is 5.75. The molecule has 2 amide bonds. The van der Waals surface area contributed by atoms with Crippen LogP contribution >= 0.6 is 0 Å². The van der Waals surface area contributed by atoms with Gasteiger partial charge >= 0.3 is 6.03 Å². The molecular formula is C14H25N3O. The molecule has 1 atom stereocenters. The predicted octanol–water partition coefficient (Wildman–Crippen LogP) is 1.67. The van der Waals surface area contributed by atoms with Gasteiger partial charge in [0.1, 0.15) is 0 Å². The van der Waals surface area contributed by atoms with E-state index in [0.29, 0.717) is 12.1 Å². The quantitative estimate of drug-likeness (QED) is 0.769. The first-order valence-electron chi connectivity index (χ1n) is 7.62. The summed E-state index contributed by atoms with van der Waals surface area (Å²) in [5.41, 5.74) is 0. The Morgan fingerprint density at radius 1 is 0.944 bits per heavy atom. The van der Waals surface area contributed by atoms with Gasteiger partial charge in [-0.1, -0.05) is 0 Å². The Hall–Kier alpha value is -0.770. The first-order valence-corrected chi connectivity index (χ1v) is 7.62. The Morgan fingerprint density at radius 3 is 2.39 bits per heavy atom. The van der Waals surface area contributed by atoms with Gasteiger partial charge in [0.05, 0.1) is 0 Å². The third-order valence-corrected chi connectivity index (χ3v) is 4.85. The van der Waals surface area contributed by atoms with Crippen LogP contribution in [0.5, 0.6) is 0 Å². The minimum Gasteiger partial charge on any atom is -0.325 e. The van der Waals surface area contributed by atoms with Crippen molar-refractivity contribution in [3.63, 3.8) is 0 Å². The van der Waals surface area contributed by atoms with Crippen molar-refractivity contribution in [3.05, 3.63) is 0 Å². The molecule has 0 bridgehead atoms. The Bertz CT molecular complexity index is 295. The molecule has 1 unspecified atom stereocenters. The lowest BCUT2D eigenvalue weighted by Crippen LogP contribution is -2.48. The number of likely N-dealkylation sites (tertiary alicyclic amines) is 2. The van der Waals surface area contributed by atoms with Gasteiger partial charge in [0, 0.05) is 25.7 Å². The fourth-order valence-corrected chi connectivity index (χ4v) is 3.84. The third-order valence-electron chi connectivity index (χ3n) is 4.85. The van der Waals surface area contributed by atoms with Crippen molar-refractivity contribution in [1.82, 2.24) is 15.1 Å². The van der Waals surface area contributed by atoms with Gasteiger partial charge in [0.2, 0.25) is 0 Å². The molecular weight excluding hydrogens is 226 g/mol. The number of carbonyl (C=O) groups is 1. The zero-order chi connectivity index (χ0) is 12.4. The lowest BCUT2D eigenvalue weighted by Gasteiger charge is -2.36. The summed E-state index contributed by atoms with van der Waals surface area (Å²) in [5.74, 6) is 0.736. The van der Waals surface area contributed by atoms with E-state index in [1.165, 1.54) is 38.5 Å². The van der Waals surface area contributed by atoms with E-state index in [1.54, 1.807) is 0 Å². The van der Waals surface area contributed by atoms with Crippen molar-refractivity contribution in [1.29, 1.82) is 0 Å². The molecule has 3 heterocycles. The van der Waals surface area contributed by atoms with Crippen LogP contribution in [0.2, 0.25) is 0 Å². The second-order valence-electron chi connectivity index (χ2n) is 5.97. The van der Waals surface area contributed by atoms with Gasteiger partial charge in [-0.2, -0.15) is 0 Å². The van der Waals surface area contributed by atoms with Gasteiger partial charge in [0.15, 0.2) is 0 Å². The van der Waals surface area contributed by atoms with Crippen LogP contribution in [0.4, 0.5) is 4.79 Å². The SMILES string of the molecule is O=C(N1CCCC1)N1CCCC1C1CCNCC1.